The Bertz CT molecular complexity index is 1540. The van der Waals surface area contributed by atoms with Gasteiger partial charge < -0.3 is 4.74 Å². The highest BCUT2D eigenvalue weighted by Crippen LogP contribution is 2.22. The number of H-pyrrole nitrogens is 1. The Hall–Kier alpha value is -4.97. The van der Waals surface area contributed by atoms with Crippen LogP contribution in [-0.2, 0) is 11.3 Å². The summed E-state index contributed by atoms with van der Waals surface area (Å²) in [7, 11) is 0. The Labute approximate surface area is 208 Å². The van der Waals surface area contributed by atoms with Gasteiger partial charge in [0, 0.05) is 22.2 Å². The molecule has 6 heteroatoms. The van der Waals surface area contributed by atoms with Crippen molar-refractivity contribution in [3.63, 3.8) is 0 Å². The first-order valence-electron chi connectivity index (χ1n) is 11.5. The van der Waals surface area contributed by atoms with Gasteiger partial charge in [0.05, 0.1) is 11.2 Å². The summed E-state index contributed by atoms with van der Waals surface area (Å²) in [6.07, 6.45) is 3.36. The third-order valence-electron chi connectivity index (χ3n) is 5.67. The number of nitrogens with zero attached hydrogens (tertiary/aromatic N) is 1. The maximum atomic E-state index is 13.2. The average molecular weight is 474 g/mol. The van der Waals surface area contributed by atoms with Crippen molar-refractivity contribution in [1.82, 2.24) is 10.2 Å². The fourth-order valence-electron chi connectivity index (χ4n) is 3.83. The Kier molecular flexibility index (Phi) is 6.67. The van der Waals surface area contributed by atoms with Gasteiger partial charge in [0.1, 0.15) is 6.61 Å². The Morgan fingerprint density at radius 2 is 1.56 bits per heavy atom. The lowest BCUT2D eigenvalue weighted by Crippen LogP contribution is -2.14. The summed E-state index contributed by atoms with van der Waals surface area (Å²) in [6.45, 7) is 0.165. The monoisotopic (exact) mass is 473 g/mol. The van der Waals surface area contributed by atoms with Crippen LogP contribution in [0.5, 0.6) is 0 Å². The summed E-state index contributed by atoms with van der Waals surface area (Å²) in [6, 6.07) is 31.7. The second kappa shape index (κ2) is 10.5. The second-order valence-corrected chi connectivity index (χ2v) is 8.21. The smallest absolute Gasteiger partial charge is 0.411 e. The van der Waals surface area contributed by atoms with Gasteiger partial charge in [0.25, 0.3) is 0 Å². The van der Waals surface area contributed by atoms with Crippen molar-refractivity contribution in [3.8, 4) is 0 Å². The van der Waals surface area contributed by atoms with Crippen molar-refractivity contribution in [2.24, 2.45) is 0 Å². The van der Waals surface area contributed by atoms with E-state index in [-0.39, 0.29) is 12.4 Å². The fourth-order valence-corrected chi connectivity index (χ4v) is 3.83. The van der Waals surface area contributed by atoms with Gasteiger partial charge >= 0.3 is 6.09 Å². The van der Waals surface area contributed by atoms with E-state index in [2.05, 4.69) is 15.5 Å². The number of ketones is 1. The number of aromatic amines is 1. The van der Waals surface area contributed by atoms with Crippen molar-refractivity contribution in [1.29, 1.82) is 0 Å². The molecule has 0 spiro atoms. The van der Waals surface area contributed by atoms with E-state index >= 15 is 0 Å². The van der Waals surface area contributed by atoms with Gasteiger partial charge in [0.15, 0.2) is 5.78 Å². The number of ether oxygens (including phenoxy) is 1. The van der Waals surface area contributed by atoms with Crippen molar-refractivity contribution in [2.75, 3.05) is 5.32 Å². The number of anilines is 1. The topological polar surface area (TPSA) is 84.1 Å². The number of nitrogens with one attached hydrogen (secondary N) is 2. The third kappa shape index (κ3) is 5.39. The van der Waals surface area contributed by atoms with Crippen LogP contribution in [0.25, 0.3) is 23.1 Å². The number of rotatable bonds is 7. The molecule has 6 nitrogen and oxygen atoms in total. The Balaban J connectivity index is 1.28. The molecule has 0 radical (unpaired) electrons. The van der Waals surface area contributed by atoms with E-state index in [1.807, 2.05) is 78.9 Å². The van der Waals surface area contributed by atoms with E-state index in [0.29, 0.717) is 16.8 Å². The highest BCUT2D eigenvalue weighted by atomic mass is 16.5. The molecule has 176 valence electrons. The summed E-state index contributed by atoms with van der Waals surface area (Å²) in [5, 5.41) is 11.0. The molecule has 1 amide bonds. The molecule has 0 aliphatic carbocycles. The number of carbonyl (C=O) groups is 2. The maximum Gasteiger partial charge on any atom is 0.411 e. The molecule has 0 unspecified atom stereocenters. The van der Waals surface area contributed by atoms with E-state index in [1.165, 1.54) is 0 Å². The van der Waals surface area contributed by atoms with Gasteiger partial charge in [-0.3, -0.25) is 15.2 Å². The van der Waals surface area contributed by atoms with Crippen LogP contribution in [0.15, 0.2) is 103 Å². The van der Waals surface area contributed by atoms with Crippen LogP contribution in [0.3, 0.4) is 0 Å². The minimum Gasteiger partial charge on any atom is -0.444 e. The molecular formula is C30H23N3O3. The van der Waals surface area contributed by atoms with Crippen LogP contribution < -0.4 is 5.32 Å². The van der Waals surface area contributed by atoms with Crippen LogP contribution in [-0.4, -0.2) is 22.1 Å². The number of hydrogen-bond donors (Lipinski definition) is 2. The number of carbonyl (C=O) groups excluding carboxylic acids is 2. The van der Waals surface area contributed by atoms with Crippen molar-refractivity contribution in [2.45, 2.75) is 6.61 Å². The van der Waals surface area contributed by atoms with Crippen molar-refractivity contribution in [3.05, 3.63) is 131 Å². The second-order valence-electron chi connectivity index (χ2n) is 8.21. The Morgan fingerprint density at radius 1 is 0.806 bits per heavy atom. The average Bonchev–Trinajstić information content (AvgIpc) is 3.34. The number of aromatic nitrogens is 2. The van der Waals surface area contributed by atoms with Crippen LogP contribution in [0.4, 0.5) is 10.5 Å². The summed E-state index contributed by atoms with van der Waals surface area (Å²) in [4.78, 5) is 25.4. The molecule has 1 heterocycles. The molecule has 0 aliphatic heterocycles. The van der Waals surface area contributed by atoms with Crippen molar-refractivity contribution < 1.29 is 14.3 Å². The molecule has 4 aromatic carbocycles. The lowest BCUT2D eigenvalue weighted by Gasteiger charge is -2.08. The fraction of sp³-hybridized carbons (Fsp3) is 0.0333. The molecule has 1 aromatic heterocycles. The molecule has 5 aromatic rings. The normalized spacial score (nSPS) is 11.0. The molecule has 0 saturated heterocycles. The molecule has 0 atom stereocenters. The van der Waals surface area contributed by atoms with E-state index in [4.69, 9.17) is 4.74 Å². The van der Waals surface area contributed by atoms with Gasteiger partial charge in [-0.05, 0) is 41.5 Å². The lowest BCUT2D eigenvalue weighted by molar-refractivity contribution is 0.103. The van der Waals surface area contributed by atoms with Crippen molar-refractivity contribution >= 4 is 40.6 Å². The van der Waals surface area contributed by atoms with Crippen LogP contribution >= 0.6 is 0 Å². The maximum absolute atomic E-state index is 13.2. The van der Waals surface area contributed by atoms with Crippen LogP contribution in [0.1, 0.15) is 32.7 Å². The molecule has 0 bridgehead atoms. The minimum absolute atomic E-state index is 0.158. The summed E-state index contributed by atoms with van der Waals surface area (Å²) in [5.74, 6) is -0.158. The highest BCUT2D eigenvalue weighted by molar-refractivity contribution is 6.11. The number of hydrogen-bond acceptors (Lipinski definition) is 4. The predicted octanol–water partition coefficient (Wildman–Crippen LogP) is 6.71. The summed E-state index contributed by atoms with van der Waals surface area (Å²) < 4.78 is 5.26. The van der Waals surface area contributed by atoms with Crippen LogP contribution in [0.2, 0.25) is 0 Å². The molecule has 36 heavy (non-hydrogen) atoms. The number of benzene rings is 4. The molecule has 0 fully saturated rings. The Morgan fingerprint density at radius 3 is 2.36 bits per heavy atom. The van der Waals surface area contributed by atoms with Crippen LogP contribution in [0, 0.1) is 0 Å². The van der Waals surface area contributed by atoms with E-state index in [9.17, 15) is 9.59 Å². The lowest BCUT2D eigenvalue weighted by atomic mass is 10.0. The van der Waals surface area contributed by atoms with Gasteiger partial charge in [-0.25, -0.2) is 4.79 Å². The summed E-state index contributed by atoms with van der Waals surface area (Å²) in [5.41, 5.74) is 5.00. The molecule has 5 rings (SSSR count). The molecule has 2 N–H and O–H groups in total. The summed E-state index contributed by atoms with van der Waals surface area (Å²) >= 11 is 0. The molecule has 0 aliphatic rings. The van der Waals surface area contributed by atoms with E-state index < -0.39 is 6.09 Å². The number of fused-ring (bicyclic) bond motifs is 1. The van der Waals surface area contributed by atoms with Gasteiger partial charge in [0.2, 0.25) is 0 Å². The first-order valence-corrected chi connectivity index (χ1v) is 11.5. The predicted molar refractivity (Wildman–Crippen MR) is 142 cm³/mol. The first-order chi connectivity index (χ1) is 17.7. The standard InChI is InChI=1S/C30H23N3O3/c34-29(23-12-7-13-25(18-23)31-30(35)36-20-22-10-5-2-6-11-22)24-15-16-26-27(32-33-28(26)19-24)17-14-21-8-3-1-4-9-21/h1-19H,20H2,(H,31,35)(H,32,33)/b17-14+. The molecular weight excluding hydrogens is 450 g/mol. The quantitative estimate of drug-likeness (QED) is 0.257. The van der Waals surface area contributed by atoms with E-state index in [1.54, 1.807) is 36.4 Å². The highest BCUT2D eigenvalue weighted by Gasteiger charge is 2.13. The third-order valence-corrected chi connectivity index (χ3v) is 5.67. The van der Waals surface area contributed by atoms with Gasteiger partial charge in [-0.15, -0.1) is 0 Å². The zero-order chi connectivity index (χ0) is 24.7. The van der Waals surface area contributed by atoms with Gasteiger partial charge in [-0.1, -0.05) is 84.9 Å². The van der Waals surface area contributed by atoms with Gasteiger partial charge in [-0.2, -0.15) is 5.10 Å². The largest absolute Gasteiger partial charge is 0.444 e. The first kappa shape index (κ1) is 22.8. The molecule has 0 saturated carbocycles. The zero-order valence-electron chi connectivity index (χ0n) is 19.3. The SMILES string of the molecule is O=C(Nc1cccc(C(=O)c2ccc3c(/C=C/c4ccccc4)n[nH]c3c2)c1)OCc1ccccc1. The number of amides is 1. The minimum atomic E-state index is -0.585. The van der Waals surface area contributed by atoms with E-state index in [0.717, 1.165) is 27.7 Å². The zero-order valence-corrected chi connectivity index (χ0v) is 19.3.